The number of rotatable bonds is 7. The van der Waals surface area contributed by atoms with Crippen LogP contribution in [0, 0.1) is 0 Å². The van der Waals surface area contributed by atoms with Crippen LogP contribution in [-0.2, 0) is 28.6 Å². The summed E-state index contributed by atoms with van der Waals surface area (Å²) < 4.78 is 14.8. The summed E-state index contributed by atoms with van der Waals surface area (Å²) in [7, 11) is 1.23. The van der Waals surface area contributed by atoms with Crippen molar-refractivity contribution in [3.8, 4) is 0 Å². The molecule has 0 aromatic heterocycles. The van der Waals surface area contributed by atoms with E-state index in [1.54, 1.807) is 41.5 Å². The highest BCUT2D eigenvalue weighted by Gasteiger charge is 2.27. The smallest absolute Gasteiger partial charge is 0.408 e. The summed E-state index contributed by atoms with van der Waals surface area (Å²) in [6, 6.07) is -1.04. The van der Waals surface area contributed by atoms with Crippen LogP contribution in [-0.4, -0.2) is 54.8 Å². The minimum atomic E-state index is -1.04. The molecule has 9 heteroatoms. The first-order valence-electron chi connectivity index (χ1n) is 8.29. The van der Waals surface area contributed by atoms with Crippen molar-refractivity contribution in [1.82, 2.24) is 10.6 Å². The summed E-state index contributed by atoms with van der Waals surface area (Å²) in [6.07, 6.45) is -0.809. The van der Waals surface area contributed by atoms with Crippen molar-refractivity contribution >= 4 is 23.9 Å². The van der Waals surface area contributed by atoms with Gasteiger partial charge in [-0.3, -0.25) is 9.59 Å². The standard InChI is InChI=1S/C17H30N2O7/c1-16(2,3)25-14(22)11(8-9-13(21)24-7)19-12(20)10-18-15(23)26-17(4,5)6/h11H,8-10H2,1-7H3,(H,18,23)(H,19,20)/t11-/m0/s1. The molecule has 0 spiro atoms. The van der Waals surface area contributed by atoms with Crippen molar-refractivity contribution in [1.29, 1.82) is 0 Å². The third-order valence-electron chi connectivity index (χ3n) is 2.68. The predicted octanol–water partition coefficient (Wildman–Crippen LogP) is 1.29. The Labute approximate surface area is 154 Å². The zero-order valence-corrected chi connectivity index (χ0v) is 16.6. The van der Waals surface area contributed by atoms with Crippen LogP contribution in [0.2, 0.25) is 0 Å². The normalized spacial score (nSPS) is 12.6. The van der Waals surface area contributed by atoms with Crippen LogP contribution in [0.3, 0.4) is 0 Å². The summed E-state index contributed by atoms with van der Waals surface area (Å²) in [5, 5.41) is 4.74. The number of esters is 2. The number of carbonyl (C=O) groups is 4. The van der Waals surface area contributed by atoms with Crippen molar-refractivity contribution in [2.45, 2.75) is 71.6 Å². The summed E-state index contributed by atoms with van der Waals surface area (Å²) in [5.41, 5.74) is -1.44. The number of alkyl carbamates (subject to hydrolysis) is 1. The van der Waals surface area contributed by atoms with Gasteiger partial charge in [-0.2, -0.15) is 0 Å². The molecule has 0 heterocycles. The second-order valence-electron chi connectivity index (χ2n) is 7.62. The number of ether oxygens (including phenoxy) is 3. The fourth-order valence-corrected chi connectivity index (χ4v) is 1.70. The number of nitrogens with one attached hydrogen (secondary N) is 2. The fraction of sp³-hybridized carbons (Fsp3) is 0.765. The average molecular weight is 374 g/mol. The van der Waals surface area contributed by atoms with Gasteiger partial charge in [0.1, 0.15) is 23.8 Å². The van der Waals surface area contributed by atoms with Gasteiger partial charge in [0.25, 0.3) is 0 Å². The predicted molar refractivity (Wildman–Crippen MR) is 93.3 cm³/mol. The molecule has 9 nitrogen and oxygen atoms in total. The first kappa shape index (κ1) is 23.7. The van der Waals surface area contributed by atoms with Gasteiger partial charge in [0.05, 0.1) is 7.11 Å². The number of hydrogen-bond acceptors (Lipinski definition) is 7. The molecule has 0 radical (unpaired) electrons. The Balaban J connectivity index is 4.73. The lowest BCUT2D eigenvalue weighted by Crippen LogP contribution is -2.48. The van der Waals surface area contributed by atoms with E-state index in [1.807, 2.05) is 0 Å². The third-order valence-corrected chi connectivity index (χ3v) is 2.68. The number of carbonyl (C=O) groups excluding carboxylic acids is 4. The number of amides is 2. The SMILES string of the molecule is COC(=O)CC[C@H](NC(=O)CNC(=O)OC(C)(C)C)C(=O)OC(C)(C)C. The van der Waals surface area contributed by atoms with Gasteiger partial charge >= 0.3 is 18.0 Å². The van der Waals surface area contributed by atoms with E-state index >= 15 is 0 Å². The molecule has 0 unspecified atom stereocenters. The van der Waals surface area contributed by atoms with Crippen LogP contribution >= 0.6 is 0 Å². The maximum Gasteiger partial charge on any atom is 0.408 e. The van der Waals surface area contributed by atoms with Crippen molar-refractivity contribution < 1.29 is 33.4 Å². The van der Waals surface area contributed by atoms with Crippen molar-refractivity contribution in [2.24, 2.45) is 0 Å². The highest BCUT2D eigenvalue weighted by atomic mass is 16.6. The van der Waals surface area contributed by atoms with Crippen LogP contribution in [0.5, 0.6) is 0 Å². The molecular weight excluding hydrogens is 344 g/mol. The monoisotopic (exact) mass is 374 g/mol. The molecule has 0 aromatic carbocycles. The van der Waals surface area contributed by atoms with E-state index in [1.165, 1.54) is 7.11 Å². The van der Waals surface area contributed by atoms with Gasteiger partial charge in [-0.1, -0.05) is 0 Å². The second-order valence-corrected chi connectivity index (χ2v) is 7.62. The van der Waals surface area contributed by atoms with Gasteiger partial charge in [-0.25, -0.2) is 9.59 Å². The molecule has 2 N–H and O–H groups in total. The molecule has 26 heavy (non-hydrogen) atoms. The molecule has 0 saturated carbocycles. The molecule has 0 rings (SSSR count). The van der Waals surface area contributed by atoms with Crippen LogP contribution in [0.15, 0.2) is 0 Å². The average Bonchev–Trinajstić information content (AvgIpc) is 2.45. The Morgan fingerprint density at radius 1 is 0.923 bits per heavy atom. The summed E-state index contributed by atoms with van der Waals surface area (Å²) in [5.74, 6) is -1.80. The molecule has 1 atom stereocenters. The minimum Gasteiger partial charge on any atom is -0.469 e. The number of hydrogen-bond donors (Lipinski definition) is 2. The molecule has 2 amide bonds. The van der Waals surface area contributed by atoms with E-state index in [4.69, 9.17) is 9.47 Å². The van der Waals surface area contributed by atoms with Crippen molar-refractivity contribution in [3.63, 3.8) is 0 Å². The topological polar surface area (TPSA) is 120 Å². The van der Waals surface area contributed by atoms with Gasteiger partial charge < -0.3 is 24.8 Å². The first-order chi connectivity index (χ1) is 11.7. The molecular formula is C17H30N2O7. The maximum atomic E-state index is 12.2. The van der Waals surface area contributed by atoms with Crippen molar-refractivity contribution in [2.75, 3.05) is 13.7 Å². The highest BCUT2D eigenvalue weighted by molar-refractivity contribution is 5.87. The van der Waals surface area contributed by atoms with Crippen LogP contribution in [0.25, 0.3) is 0 Å². The molecule has 150 valence electrons. The summed E-state index contributed by atoms with van der Waals surface area (Å²) in [4.78, 5) is 47.1. The van der Waals surface area contributed by atoms with Crippen LogP contribution in [0.1, 0.15) is 54.4 Å². The van der Waals surface area contributed by atoms with E-state index in [0.29, 0.717) is 0 Å². The Morgan fingerprint density at radius 3 is 1.92 bits per heavy atom. The van der Waals surface area contributed by atoms with Crippen LogP contribution < -0.4 is 10.6 Å². The molecule has 0 fully saturated rings. The Morgan fingerprint density at radius 2 is 1.46 bits per heavy atom. The van der Waals surface area contributed by atoms with Gasteiger partial charge in [0.15, 0.2) is 0 Å². The third kappa shape index (κ3) is 12.1. The molecule has 0 aliphatic carbocycles. The van der Waals surface area contributed by atoms with Gasteiger partial charge in [0, 0.05) is 6.42 Å². The van der Waals surface area contributed by atoms with Gasteiger partial charge in [-0.05, 0) is 48.0 Å². The zero-order valence-electron chi connectivity index (χ0n) is 16.6. The van der Waals surface area contributed by atoms with E-state index < -0.39 is 41.2 Å². The quantitative estimate of drug-likeness (QED) is 0.509. The lowest BCUT2D eigenvalue weighted by molar-refractivity contribution is -0.159. The van der Waals surface area contributed by atoms with Gasteiger partial charge in [-0.15, -0.1) is 0 Å². The Hall–Kier alpha value is -2.32. The highest BCUT2D eigenvalue weighted by Crippen LogP contribution is 2.11. The van der Waals surface area contributed by atoms with Crippen molar-refractivity contribution in [3.05, 3.63) is 0 Å². The first-order valence-corrected chi connectivity index (χ1v) is 8.29. The van der Waals surface area contributed by atoms with E-state index in [2.05, 4.69) is 15.4 Å². The largest absolute Gasteiger partial charge is 0.469 e. The lowest BCUT2D eigenvalue weighted by Gasteiger charge is -2.24. The van der Waals surface area contributed by atoms with E-state index in [0.717, 1.165) is 0 Å². The lowest BCUT2D eigenvalue weighted by atomic mass is 10.1. The molecule has 0 bridgehead atoms. The molecule has 0 aromatic rings. The molecule has 0 aliphatic heterocycles. The Bertz CT molecular complexity index is 518. The van der Waals surface area contributed by atoms with Crippen LogP contribution in [0.4, 0.5) is 4.79 Å². The van der Waals surface area contributed by atoms with E-state index in [-0.39, 0.29) is 19.4 Å². The molecule has 0 saturated heterocycles. The number of methoxy groups -OCH3 is 1. The summed E-state index contributed by atoms with van der Waals surface area (Å²) in [6.45, 7) is 9.76. The summed E-state index contributed by atoms with van der Waals surface area (Å²) >= 11 is 0. The Kier molecular flexibility index (Phi) is 9.09. The molecule has 0 aliphatic rings. The maximum absolute atomic E-state index is 12.2. The fourth-order valence-electron chi connectivity index (χ4n) is 1.70. The zero-order chi connectivity index (χ0) is 20.5. The van der Waals surface area contributed by atoms with E-state index in [9.17, 15) is 19.2 Å². The van der Waals surface area contributed by atoms with Gasteiger partial charge in [0.2, 0.25) is 5.91 Å². The minimum absolute atomic E-state index is 0.0137. The second kappa shape index (κ2) is 9.98.